The second kappa shape index (κ2) is 6.17. The van der Waals surface area contributed by atoms with Crippen LogP contribution in [-0.4, -0.2) is 0 Å². The molecule has 0 aromatic carbocycles. The Balaban J connectivity index is 4.41. The van der Waals surface area contributed by atoms with Gasteiger partial charge in [0.05, 0.1) is 25.3 Å². The average molecular weight is 168 g/mol. The van der Waals surface area contributed by atoms with E-state index >= 15 is 0 Å². The fraction of sp³-hybridized carbons (Fsp3) is 0.111. The molecule has 0 saturated heterocycles. The molecule has 4 nitrogen and oxygen atoms in total. The van der Waals surface area contributed by atoms with Crippen LogP contribution in [0, 0.1) is 35.8 Å². The maximum atomic E-state index is 8.33. The Labute approximate surface area is 76.3 Å². The summed E-state index contributed by atoms with van der Waals surface area (Å²) in [5.41, 5.74) is -0.0583. The first-order valence-electron chi connectivity index (χ1n) is 3.24. The Kier molecular flexibility index (Phi) is 4.95. The molecule has 0 spiro atoms. The maximum Gasteiger partial charge on any atom is 0.258 e. The summed E-state index contributed by atoms with van der Waals surface area (Å²) in [4.78, 5) is 5.83. The maximum absolute atomic E-state index is 8.33. The third-order valence-electron chi connectivity index (χ3n) is 1.09. The van der Waals surface area contributed by atoms with Crippen molar-refractivity contribution in [2.24, 2.45) is 0 Å². The quantitative estimate of drug-likeness (QED) is 0.468. The summed E-state index contributed by atoms with van der Waals surface area (Å²) < 4.78 is 0. The number of allylic oxidation sites excluding steroid dienone is 4. The molecule has 4 heteroatoms. The Morgan fingerprint density at radius 2 is 1.46 bits per heavy atom. The van der Waals surface area contributed by atoms with Gasteiger partial charge in [0.1, 0.15) is 0 Å². The van der Waals surface area contributed by atoms with Crippen molar-refractivity contribution in [3.8, 4) is 12.1 Å². The second-order valence-electron chi connectivity index (χ2n) is 1.86. The molecule has 0 bridgehead atoms. The first-order valence-corrected chi connectivity index (χ1v) is 3.24. The molecule has 0 aromatic rings. The van der Waals surface area contributed by atoms with Gasteiger partial charge in [0.2, 0.25) is 0 Å². The van der Waals surface area contributed by atoms with Gasteiger partial charge in [-0.3, -0.25) is 0 Å². The number of hydrogen-bond acceptors (Lipinski definition) is 2. The van der Waals surface area contributed by atoms with Gasteiger partial charge < -0.3 is 0 Å². The number of hydrogen-bond donors (Lipinski definition) is 0. The van der Waals surface area contributed by atoms with Crippen LogP contribution in [0.15, 0.2) is 23.5 Å². The van der Waals surface area contributed by atoms with Crippen LogP contribution in [0.1, 0.15) is 6.42 Å². The highest BCUT2D eigenvalue weighted by molar-refractivity contribution is 5.31. The predicted octanol–water partition coefficient (Wildman–Crippen LogP) is 2.03. The summed E-state index contributed by atoms with van der Waals surface area (Å²) in [6, 6.07) is 3.36. The Hall–Kier alpha value is -2.56. The van der Waals surface area contributed by atoms with Gasteiger partial charge in [0.25, 0.3) is 11.4 Å². The summed E-state index contributed by atoms with van der Waals surface area (Å²) in [5, 5.41) is 16.7. The van der Waals surface area contributed by atoms with Crippen molar-refractivity contribution in [1.29, 1.82) is 10.5 Å². The summed E-state index contributed by atoms with van der Waals surface area (Å²) in [6.07, 6.45) is 3.00. The molecule has 0 aromatic heterocycles. The molecular formula is C9H4N4. The molecule has 60 valence electrons. The van der Waals surface area contributed by atoms with E-state index in [-0.39, 0.29) is 17.8 Å². The lowest BCUT2D eigenvalue weighted by Crippen LogP contribution is -1.70. The Bertz CT molecular complexity index is 329. The third-order valence-corrected chi connectivity index (χ3v) is 1.09. The summed E-state index contributed by atoms with van der Waals surface area (Å²) in [7, 11) is 0. The van der Waals surface area contributed by atoms with Gasteiger partial charge in [-0.15, -0.1) is 0 Å². The average Bonchev–Trinajstić information content (AvgIpc) is 2.19. The second-order valence-corrected chi connectivity index (χ2v) is 1.86. The van der Waals surface area contributed by atoms with E-state index in [9.17, 15) is 0 Å². The van der Waals surface area contributed by atoms with Crippen LogP contribution in [0.4, 0.5) is 0 Å². The molecular weight excluding hydrogens is 164 g/mol. The smallest absolute Gasteiger partial charge is 0.227 e. The molecule has 0 rings (SSSR count). The van der Waals surface area contributed by atoms with Gasteiger partial charge >= 0.3 is 0 Å². The van der Waals surface area contributed by atoms with E-state index < -0.39 is 0 Å². The minimum absolute atomic E-state index is 0.0291. The predicted molar refractivity (Wildman–Crippen MR) is 45.2 cm³/mol. The Morgan fingerprint density at radius 1 is 1.08 bits per heavy atom. The highest BCUT2D eigenvalue weighted by atomic mass is 14.7. The fourth-order valence-electron chi connectivity index (χ4n) is 0.515. The first kappa shape index (κ1) is 10.4. The standard InChI is InChI=1S/C9H4N4/c1-12-8(6-10)4-3-5-9(7-11)13-2/h4-5H,3H2/b8-4-,9-5-. The number of nitrogens with zero attached hydrogens (tertiary/aromatic N) is 4. The van der Waals surface area contributed by atoms with Crippen LogP contribution >= 0.6 is 0 Å². The van der Waals surface area contributed by atoms with Crippen molar-refractivity contribution < 1.29 is 0 Å². The van der Waals surface area contributed by atoms with Crippen LogP contribution in [0.25, 0.3) is 9.69 Å². The molecule has 0 radical (unpaired) electrons. The molecule has 0 aliphatic rings. The molecule has 0 saturated carbocycles. The summed E-state index contributed by atoms with van der Waals surface area (Å²) >= 11 is 0. The van der Waals surface area contributed by atoms with E-state index in [1.54, 1.807) is 12.1 Å². The van der Waals surface area contributed by atoms with Crippen molar-refractivity contribution in [2.45, 2.75) is 6.42 Å². The zero-order chi connectivity index (χ0) is 10.1. The van der Waals surface area contributed by atoms with Gasteiger partial charge in [-0.05, 0) is 6.42 Å². The SMILES string of the molecule is [C-]#[N+]/C(C#N)=C\C/C=C(/C#N)[N+]#[C-]. The van der Waals surface area contributed by atoms with E-state index in [2.05, 4.69) is 9.69 Å². The van der Waals surface area contributed by atoms with Crippen molar-refractivity contribution in [3.05, 3.63) is 46.4 Å². The first-order chi connectivity index (χ1) is 6.28. The lowest BCUT2D eigenvalue weighted by atomic mass is 10.3. The van der Waals surface area contributed by atoms with Crippen LogP contribution in [0.3, 0.4) is 0 Å². The van der Waals surface area contributed by atoms with Gasteiger partial charge in [0.15, 0.2) is 0 Å². The van der Waals surface area contributed by atoms with Gasteiger partial charge in [-0.1, -0.05) is 12.2 Å². The van der Waals surface area contributed by atoms with Gasteiger partial charge in [-0.25, -0.2) is 20.2 Å². The van der Waals surface area contributed by atoms with E-state index in [1.807, 2.05) is 0 Å². The molecule has 0 unspecified atom stereocenters. The molecule has 0 N–H and O–H groups in total. The Morgan fingerprint density at radius 3 is 1.69 bits per heavy atom. The monoisotopic (exact) mass is 168 g/mol. The van der Waals surface area contributed by atoms with Crippen molar-refractivity contribution >= 4 is 0 Å². The molecule has 0 aliphatic carbocycles. The minimum Gasteiger partial charge on any atom is -0.227 e. The highest BCUT2D eigenvalue weighted by Crippen LogP contribution is 2.01. The van der Waals surface area contributed by atoms with Crippen molar-refractivity contribution in [2.75, 3.05) is 0 Å². The van der Waals surface area contributed by atoms with Crippen LogP contribution in [-0.2, 0) is 0 Å². The van der Waals surface area contributed by atoms with E-state index in [1.165, 1.54) is 12.2 Å². The molecule has 0 fully saturated rings. The highest BCUT2D eigenvalue weighted by Gasteiger charge is 1.91. The fourth-order valence-corrected chi connectivity index (χ4v) is 0.515. The third kappa shape index (κ3) is 3.99. The minimum atomic E-state index is -0.0291. The van der Waals surface area contributed by atoms with Crippen LogP contribution < -0.4 is 0 Å². The van der Waals surface area contributed by atoms with Crippen molar-refractivity contribution in [1.82, 2.24) is 0 Å². The zero-order valence-corrected chi connectivity index (χ0v) is 6.65. The molecule has 0 heterocycles. The largest absolute Gasteiger partial charge is 0.258 e. The van der Waals surface area contributed by atoms with Gasteiger partial charge in [-0.2, -0.15) is 0 Å². The summed E-state index contributed by atoms with van der Waals surface area (Å²) in [5.74, 6) is 0. The lowest BCUT2D eigenvalue weighted by Gasteiger charge is -1.82. The molecule has 0 atom stereocenters. The summed E-state index contributed by atoms with van der Waals surface area (Å²) in [6.45, 7) is 13.0. The number of nitriles is 2. The van der Waals surface area contributed by atoms with E-state index in [0.29, 0.717) is 0 Å². The molecule has 0 aliphatic heterocycles. The van der Waals surface area contributed by atoms with E-state index in [4.69, 9.17) is 23.7 Å². The zero-order valence-electron chi connectivity index (χ0n) is 6.65. The van der Waals surface area contributed by atoms with Crippen molar-refractivity contribution in [3.63, 3.8) is 0 Å². The molecule has 0 amide bonds. The normalized spacial score (nSPS) is 10.5. The van der Waals surface area contributed by atoms with Gasteiger partial charge in [0, 0.05) is 0 Å². The lowest BCUT2D eigenvalue weighted by molar-refractivity contribution is 1.33. The topological polar surface area (TPSA) is 56.3 Å². The van der Waals surface area contributed by atoms with Crippen LogP contribution in [0.2, 0.25) is 0 Å². The molecule has 13 heavy (non-hydrogen) atoms. The van der Waals surface area contributed by atoms with Crippen LogP contribution in [0.5, 0.6) is 0 Å². The van der Waals surface area contributed by atoms with E-state index in [0.717, 1.165) is 0 Å². The number of rotatable bonds is 2.